The van der Waals surface area contributed by atoms with Crippen LogP contribution in [0.5, 0.6) is 11.5 Å². The highest BCUT2D eigenvalue weighted by Gasteiger charge is 2.29. The lowest BCUT2D eigenvalue weighted by atomic mass is 9.80. The molecule has 0 N–H and O–H groups in total. The van der Waals surface area contributed by atoms with Gasteiger partial charge in [0.2, 0.25) is 0 Å². The molecule has 0 aliphatic heterocycles. The third-order valence-electron chi connectivity index (χ3n) is 2.96. The Morgan fingerprint density at radius 2 is 1.81 bits per heavy atom. The van der Waals surface area contributed by atoms with Crippen LogP contribution in [0.3, 0.4) is 0 Å². The maximum Gasteiger partial charge on any atom is 0.139 e. The first kappa shape index (κ1) is 12.6. The number of carbonyl (C=O) groups excluding carboxylic acids is 1. The number of ketones is 1. The number of benzene rings is 1. The van der Waals surface area contributed by atoms with Crippen molar-refractivity contribution in [3.8, 4) is 11.5 Å². The Kier molecular flexibility index (Phi) is 3.58. The lowest BCUT2D eigenvalue weighted by molar-refractivity contribution is -0.121. The van der Waals surface area contributed by atoms with Crippen molar-refractivity contribution in [2.24, 2.45) is 0 Å². The molecular weight excluding hydrogens is 204 g/mol. The average Bonchev–Trinajstić information content (AvgIpc) is 2.27. The van der Waals surface area contributed by atoms with Crippen LogP contribution in [0.1, 0.15) is 26.3 Å². The zero-order chi connectivity index (χ0) is 12.3. The largest absolute Gasteiger partial charge is 0.497 e. The van der Waals surface area contributed by atoms with E-state index in [0.29, 0.717) is 5.75 Å². The molecule has 1 aromatic carbocycles. The summed E-state index contributed by atoms with van der Waals surface area (Å²) in [6, 6.07) is 5.48. The van der Waals surface area contributed by atoms with Gasteiger partial charge in [0.25, 0.3) is 0 Å². The van der Waals surface area contributed by atoms with Crippen molar-refractivity contribution in [2.75, 3.05) is 14.2 Å². The summed E-state index contributed by atoms with van der Waals surface area (Å²) in [5, 5.41) is 0. The Bertz CT molecular complexity index is 394. The van der Waals surface area contributed by atoms with Crippen LogP contribution in [0, 0.1) is 0 Å². The molecule has 3 nitrogen and oxygen atoms in total. The number of ether oxygens (including phenoxy) is 2. The van der Waals surface area contributed by atoms with E-state index in [9.17, 15) is 4.79 Å². The number of hydrogen-bond acceptors (Lipinski definition) is 3. The van der Waals surface area contributed by atoms with Gasteiger partial charge >= 0.3 is 0 Å². The molecule has 0 atom stereocenters. The van der Waals surface area contributed by atoms with Crippen LogP contribution in [0.4, 0.5) is 0 Å². The Hall–Kier alpha value is -1.51. The average molecular weight is 222 g/mol. The fraction of sp³-hybridized carbons (Fsp3) is 0.462. The smallest absolute Gasteiger partial charge is 0.139 e. The van der Waals surface area contributed by atoms with Crippen LogP contribution in [0.25, 0.3) is 0 Å². The minimum absolute atomic E-state index is 0.0963. The van der Waals surface area contributed by atoms with Crippen LogP contribution >= 0.6 is 0 Å². The maximum atomic E-state index is 11.6. The summed E-state index contributed by atoms with van der Waals surface area (Å²) in [6.45, 7) is 5.35. The summed E-state index contributed by atoms with van der Waals surface area (Å²) in [6.07, 6.45) is 0. The summed E-state index contributed by atoms with van der Waals surface area (Å²) >= 11 is 0. The molecule has 88 valence electrons. The molecule has 0 spiro atoms. The van der Waals surface area contributed by atoms with Gasteiger partial charge in [0.15, 0.2) is 0 Å². The molecule has 0 unspecified atom stereocenters. The first-order valence-electron chi connectivity index (χ1n) is 5.17. The number of Topliss-reactive ketones (excluding diaryl/α,β-unsaturated/α-hetero) is 1. The predicted molar refractivity (Wildman–Crippen MR) is 63.3 cm³/mol. The summed E-state index contributed by atoms with van der Waals surface area (Å²) in [7, 11) is 3.20. The van der Waals surface area contributed by atoms with Gasteiger partial charge in [0.05, 0.1) is 19.6 Å². The van der Waals surface area contributed by atoms with E-state index in [4.69, 9.17) is 9.47 Å². The molecule has 16 heavy (non-hydrogen) atoms. The quantitative estimate of drug-likeness (QED) is 0.785. The molecule has 0 aromatic heterocycles. The molecule has 0 heterocycles. The van der Waals surface area contributed by atoms with Crippen molar-refractivity contribution in [2.45, 2.75) is 26.2 Å². The third kappa shape index (κ3) is 2.18. The van der Waals surface area contributed by atoms with E-state index in [1.54, 1.807) is 21.1 Å². The van der Waals surface area contributed by atoms with Crippen LogP contribution < -0.4 is 9.47 Å². The van der Waals surface area contributed by atoms with Crippen molar-refractivity contribution < 1.29 is 14.3 Å². The molecule has 0 fully saturated rings. The second-order valence-corrected chi connectivity index (χ2v) is 4.25. The second-order valence-electron chi connectivity index (χ2n) is 4.25. The molecule has 0 aliphatic carbocycles. The SMILES string of the molecule is COc1ccc(OC)c(C(C)(C)C(C)=O)c1. The number of carbonyl (C=O) groups is 1. The first-order chi connectivity index (χ1) is 7.43. The van der Waals surface area contributed by atoms with E-state index in [-0.39, 0.29) is 5.78 Å². The van der Waals surface area contributed by atoms with E-state index in [1.807, 2.05) is 32.0 Å². The van der Waals surface area contributed by atoms with Gasteiger partial charge in [-0.3, -0.25) is 4.79 Å². The van der Waals surface area contributed by atoms with Gasteiger partial charge in [0.1, 0.15) is 17.3 Å². The van der Waals surface area contributed by atoms with Crippen molar-refractivity contribution in [1.29, 1.82) is 0 Å². The second kappa shape index (κ2) is 4.56. The lowest BCUT2D eigenvalue weighted by Gasteiger charge is -2.24. The molecule has 0 amide bonds. The third-order valence-corrected chi connectivity index (χ3v) is 2.96. The zero-order valence-electron chi connectivity index (χ0n) is 10.5. The summed E-state index contributed by atoms with van der Waals surface area (Å²) in [5.74, 6) is 1.53. The molecular formula is C13H18O3. The molecule has 0 saturated carbocycles. The van der Waals surface area contributed by atoms with E-state index in [1.165, 1.54) is 0 Å². The fourth-order valence-corrected chi connectivity index (χ4v) is 1.49. The summed E-state index contributed by atoms with van der Waals surface area (Å²) < 4.78 is 10.4. The van der Waals surface area contributed by atoms with Crippen LogP contribution in [-0.2, 0) is 10.2 Å². The van der Waals surface area contributed by atoms with Gasteiger partial charge in [-0.25, -0.2) is 0 Å². The number of hydrogen-bond donors (Lipinski definition) is 0. The van der Waals surface area contributed by atoms with Gasteiger partial charge < -0.3 is 9.47 Å². The van der Waals surface area contributed by atoms with Crippen LogP contribution in [0.2, 0.25) is 0 Å². The molecule has 1 rings (SSSR count). The summed E-state index contributed by atoms with van der Waals surface area (Å²) in [4.78, 5) is 11.6. The standard InChI is InChI=1S/C13H18O3/c1-9(14)13(2,3)11-8-10(15-4)6-7-12(11)16-5/h6-8H,1-5H3. The maximum absolute atomic E-state index is 11.6. The minimum Gasteiger partial charge on any atom is -0.497 e. The van der Waals surface area contributed by atoms with Gasteiger partial charge in [-0.1, -0.05) is 0 Å². The van der Waals surface area contributed by atoms with Crippen molar-refractivity contribution in [1.82, 2.24) is 0 Å². The van der Waals surface area contributed by atoms with Gasteiger partial charge in [-0.05, 0) is 39.0 Å². The van der Waals surface area contributed by atoms with Crippen LogP contribution in [-0.4, -0.2) is 20.0 Å². The first-order valence-corrected chi connectivity index (χ1v) is 5.17. The Balaban J connectivity index is 3.34. The van der Waals surface area contributed by atoms with E-state index < -0.39 is 5.41 Å². The minimum atomic E-state index is -0.570. The molecule has 3 heteroatoms. The predicted octanol–water partition coefficient (Wildman–Crippen LogP) is 2.57. The topological polar surface area (TPSA) is 35.5 Å². The number of methoxy groups -OCH3 is 2. The van der Waals surface area contributed by atoms with Crippen molar-refractivity contribution >= 4 is 5.78 Å². The van der Waals surface area contributed by atoms with E-state index in [0.717, 1.165) is 11.3 Å². The van der Waals surface area contributed by atoms with E-state index >= 15 is 0 Å². The molecule has 0 radical (unpaired) electrons. The number of rotatable bonds is 4. The van der Waals surface area contributed by atoms with Gasteiger partial charge in [-0.15, -0.1) is 0 Å². The Morgan fingerprint density at radius 1 is 1.19 bits per heavy atom. The van der Waals surface area contributed by atoms with Crippen molar-refractivity contribution in [3.63, 3.8) is 0 Å². The molecule has 0 aliphatic rings. The van der Waals surface area contributed by atoms with Crippen LogP contribution in [0.15, 0.2) is 18.2 Å². The molecule has 1 aromatic rings. The molecule has 0 saturated heterocycles. The van der Waals surface area contributed by atoms with Crippen molar-refractivity contribution in [3.05, 3.63) is 23.8 Å². The highest BCUT2D eigenvalue weighted by atomic mass is 16.5. The highest BCUT2D eigenvalue weighted by molar-refractivity contribution is 5.88. The van der Waals surface area contributed by atoms with E-state index in [2.05, 4.69) is 0 Å². The lowest BCUT2D eigenvalue weighted by Crippen LogP contribution is -2.27. The highest BCUT2D eigenvalue weighted by Crippen LogP contribution is 2.35. The fourth-order valence-electron chi connectivity index (χ4n) is 1.49. The Labute approximate surface area is 96.4 Å². The van der Waals surface area contributed by atoms with Gasteiger partial charge in [-0.2, -0.15) is 0 Å². The monoisotopic (exact) mass is 222 g/mol. The van der Waals surface area contributed by atoms with Gasteiger partial charge in [0, 0.05) is 5.56 Å². The Morgan fingerprint density at radius 3 is 2.25 bits per heavy atom. The molecule has 0 bridgehead atoms. The zero-order valence-corrected chi connectivity index (χ0v) is 10.5. The summed E-state index contributed by atoms with van der Waals surface area (Å²) in [5.41, 5.74) is 0.279. The normalized spacial score (nSPS) is 11.1.